The minimum atomic E-state index is -4.93. The Hall–Kier alpha value is -2.99. The third kappa shape index (κ3) is 4.46. The Morgan fingerprint density at radius 1 is 1.09 bits per heavy atom. The number of rotatable bonds is 7. The maximum Gasteiger partial charge on any atom is 0.271 e. The molecule has 3 aromatic rings. The Bertz CT molecular complexity index is 1280. The van der Waals surface area contributed by atoms with Gasteiger partial charge >= 0.3 is 0 Å². The van der Waals surface area contributed by atoms with E-state index in [4.69, 9.17) is 15.2 Å². The van der Waals surface area contributed by atoms with Crippen LogP contribution in [0.3, 0.4) is 0 Å². The summed E-state index contributed by atoms with van der Waals surface area (Å²) in [6.07, 6.45) is 0. The van der Waals surface area contributed by atoms with Crippen molar-refractivity contribution in [3.63, 3.8) is 0 Å². The zero-order chi connectivity index (χ0) is 23.6. The fourth-order valence-electron chi connectivity index (χ4n) is 2.91. The molecular formula is C20H17BrF3N3O4S. The average Bonchev–Trinajstić information content (AvgIpc) is 2.75. The minimum absolute atomic E-state index is 0.236. The monoisotopic (exact) mass is 531 g/mol. The SMILES string of the molecule is COc1ccc(CN(c2cccc(F)n2)S(=O)(=O)c2c(F)cc(N)c(Br)c2F)c(OC)c1. The molecule has 1 aromatic heterocycles. The molecule has 0 saturated carbocycles. The van der Waals surface area contributed by atoms with Gasteiger partial charge < -0.3 is 15.2 Å². The Labute approximate surface area is 190 Å². The van der Waals surface area contributed by atoms with Crippen LogP contribution in [0, 0.1) is 17.6 Å². The van der Waals surface area contributed by atoms with Crippen molar-refractivity contribution in [2.75, 3.05) is 24.3 Å². The van der Waals surface area contributed by atoms with Gasteiger partial charge in [0.2, 0.25) is 5.95 Å². The van der Waals surface area contributed by atoms with E-state index in [1.54, 1.807) is 6.07 Å². The summed E-state index contributed by atoms with van der Waals surface area (Å²) in [6.45, 7) is -0.479. The number of hydrogen-bond donors (Lipinski definition) is 1. The zero-order valence-corrected chi connectivity index (χ0v) is 19.2. The molecule has 0 saturated heterocycles. The summed E-state index contributed by atoms with van der Waals surface area (Å²) in [5.74, 6) is -3.54. The van der Waals surface area contributed by atoms with E-state index in [0.29, 0.717) is 21.7 Å². The van der Waals surface area contributed by atoms with Crippen molar-refractivity contribution in [1.29, 1.82) is 0 Å². The lowest BCUT2D eigenvalue weighted by molar-refractivity contribution is 0.391. The standard InChI is InChI=1S/C20H17BrF3N3O4S/c1-30-12-7-6-11(15(8-12)31-2)10-27(17-5-3-4-16(23)26-17)32(28,29)20-13(22)9-14(25)18(21)19(20)24/h3-9H,10,25H2,1-2H3. The quantitative estimate of drug-likeness (QED) is 0.278. The number of benzene rings is 2. The number of anilines is 2. The summed E-state index contributed by atoms with van der Waals surface area (Å²) < 4.78 is 80.7. The van der Waals surface area contributed by atoms with Crippen molar-refractivity contribution >= 4 is 37.5 Å². The Morgan fingerprint density at radius 2 is 1.81 bits per heavy atom. The van der Waals surface area contributed by atoms with Gasteiger partial charge in [0.15, 0.2) is 10.7 Å². The fraction of sp³-hybridized carbons (Fsp3) is 0.150. The van der Waals surface area contributed by atoms with Crippen LogP contribution in [0.2, 0.25) is 0 Å². The van der Waals surface area contributed by atoms with Crippen molar-refractivity contribution in [2.24, 2.45) is 0 Å². The number of halogens is 4. The maximum atomic E-state index is 14.8. The highest BCUT2D eigenvalue weighted by Crippen LogP contribution is 2.35. The summed E-state index contributed by atoms with van der Waals surface area (Å²) in [7, 11) is -2.14. The second-order valence-electron chi connectivity index (χ2n) is 6.41. The first-order valence-electron chi connectivity index (χ1n) is 8.89. The van der Waals surface area contributed by atoms with Gasteiger partial charge in [-0.1, -0.05) is 6.07 Å². The molecular weight excluding hydrogens is 515 g/mol. The van der Waals surface area contributed by atoms with Gasteiger partial charge in [0, 0.05) is 11.6 Å². The molecule has 1 heterocycles. The van der Waals surface area contributed by atoms with E-state index in [2.05, 4.69) is 20.9 Å². The van der Waals surface area contributed by atoms with Gasteiger partial charge in [-0.05, 0) is 46.3 Å². The number of sulfonamides is 1. The normalized spacial score (nSPS) is 11.3. The highest BCUT2D eigenvalue weighted by molar-refractivity contribution is 9.10. The second-order valence-corrected chi connectivity index (χ2v) is 9.00. The number of aromatic nitrogens is 1. The van der Waals surface area contributed by atoms with Gasteiger partial charge in [0.1, 0.15) is 23.1 Å². The Morgan fingerprint density at radius 3 is 2.44 bits per heavy atom. The van der Waals surface area contributed by atoms with E-state index in [-0.39, 0.29) is 11.4 Å². The summed E-state index contributed by atoms with van der Waals surface area (Å²) >= 11 is 2.82. The summed E-state index contributed by atoms with van der Waals surface area (Å²) in [6, 6.07) is 8.64. The number of pyridine rings is 1. The Kier molecular flexibility index (Phi) is 6.84. The van der Waals surface area contributed by atoms with Gasteiger partial charge in [0.25, 0.3) is 10.0 Å². The minimum Gasteiger partial charge on any atom is -0.497 e. The van der Waals surface area contributed by atoms with Crippen LogP contribution in [0.1, 0.15) is 5.56 Å². The predicted octanol–water partition coefficient (Wildman–Crippen LogP) is 4.26. The van der Waals surface area contributed by atoms with Gasteiger partial charge in [0.05, 0.1) is 30.9 Å². The molecule has 2 N–H and O–H groups in total. The number of ether oxygens (including phenoxy) is 2. The molecule has 0 radical (unpaired) electrons. The van der Waals surface area contributed by atoms with E-state index in [9.17, 15) is 21.6 Å². The number of methoxy groups -OCH3 is 2. The van der Waals surface area contributed by atoms with Crippen molar-refractivity contribution in [3.8, 4) is 11.5 Å². The molecule has 0 unspecified atom stereocenters. The van der Waals surface area contributed by atoms with Crippen LogP contribution >= 0.6 is 15.9 Å². The smallest absolute Gasteiger partial charge is 0.271 e. The maximum absolute atomic E-state index is 14.8. The van der Waals surface area contributed by atoms with Gasteiger partial charge in [-0.15, -0.1) is 0 Å². The largest absolute Gasteiger partial charge is 0.497 e. The first kappa shape index (κ1) is 23.7. The van der Waals surface area contributed by atoms with E-state index < -0.39 is 49.3 Å². The van der Waals surface area contributed by atoms with Crippen LogP contribution in [-0.2, 0) is 16.6 Å². The van der Waals surface area contributed by atoms with Crippen molar-refractivity contribution in [3.05, 3.63) is 70.1 Å². The zero-order valence-electron chi connectivity index (χ0n) is 16.8. The predicted molar refractivity (Wildman–Crippen MR) is 116 cm³/mol. The van der Waals surface area contributed by atoms with E-state index in [0.717, 1.165) is 6.07 Å². The summed E-state index contributed by atoms with van der Waals surface area (Å²) in [5.41, 5.74) is 5.48. The Balaban J connectivity index is 2.22. The molecule has 0 amide bonds. The topological polar surface area (TPSA) is 94.8 Å². The molecule has 0 aliphatic carbocycles. The fourth-order valence-corrected chi connectivity index (χ4v) is 4.86. The van der Waals surface area contributed by atoms with Gasteiger partial charge in [-0.25, -0.2) is 26.5 Å². The number of nitrogen functional groups attached to an aromatic ring is 1. The number of nitrogens with two attached hydrogens (primary N) is 1. The lowest BCUT2D eigenvalue weighted by Crippen LogP contribution is -2.33. The van der Waals surface area contributed by atoms with Gasteiger partial charge in [-0.2, -0.15) is 4.39 Å². The first-order valence-corrected chi connectivity index (χ1v) is 11.1. The van der Waals surface area contributed by atoms with Crippen LogP contribution in [0.5, 0.6) is 11.5 Å². The van der Waals surface area contributed by atoms with Crippen molar-refractivity contribution in [1.82, 2.24) is 4.98 Å². The highest BCUT2D eigenvalue weighted by Gasteiger charge is 2.34. The molecule has 7 nitrogen and oxygen atoms in total. The third-order valence-corrected chi connectivity index (χ3v) is 7.05. The molecule has 0 aliphatic rings. The molecule has 0 aliphatic heterocycles. The van der Waals surface area contributed by atoms with E-state index in [1.165, 1.54) is 38.5 Å². The summed E-state index contributed by atoms with van der Waals surface area (Å²) in [4.78, 5) is 2.32. The summed E-state index contributed by atoms with van der Waals surface area (Å²) in [5, 5.41) is 0. The second kappa shape index (κ2) is 9.25. The average molecular weight is 532 g/mol. The number of nitrogens with zero attached hydrogens (tertiary/aromatic N) is 2. The molecule has 3 rings (SSSR count). The molecule has 32 heavy (non-hydrogen) atoms. The molecule has 2 aromatic carbocycles. The van der Waals surface area contributed by atoms with Crippen molar-refractivity contribution < 1.29 is 31.1 Å². The van der Waals surface area contributed by atoms with Crippen molar-refractivity contribution in [2.45, 2.75) is 11.4 Å². The third-order valence-electron chi connectivity index (χ3n) is 4.46. The van der Waals surface area contributed by atoms with E-state index in [1.807, 2.05) is 0 Å². The molecule has 12 heteroatoms. The lowest BCUT2D eigenvalue weighted by Gasteiger charge is -2.25. The molecule has 0 atom stereocenters. The van der Waals surface area contributed by atoms with Crippen LogP contribution in [0.4, 0.5) is 24.7 Å². The first-order chi connectivity index (χ1) is 15.1. The van der Waals surface area contributed by atoms with Gasteiger partial charge in [-0.3, -0.25) is 0 Å². The highest BCUT2D eigenvalue weighted by atomic mass is 79.9. The van der Waals surface area contributed by atoms with Crippen LogP contribution in [-0.4, -0.2) is 27.6 Å². The molecule has 0 spiro atoms. The molecule has 170 valence electrons. The molecule has 0 bridgehead atoms. The molecule has 0 fully saturated rings. The van der Waals surface area contributed by atoms with Crippen LogP contribution in [0.15, 0.2) is 51.8 Å². The van der Waals surface area contributed by atoms with E-state index >= 15 is 0 Å². The lowest BCUT2D eigenvalue weighted by atomic mass is 10.2. The van der Waals surface area contributed by atoms with Crippen LogP contribution < -0.4 is 19.5 Å². The van der Waals surface area contributed by atoms with Crippen LogP contribution in [0.25, 0.3) is 0 Å². The number of hydrogen-bond acceptors (Lipinski definition) is 6.